The maximum Gasteiger partial charge on any atom is 0.224 e. The van der Waals surface area contributed by atoms with Crippen LogP contribution < -0.4 is 5.32 Å². The molecule has 0 unspecified atom stereocenters. The SMILES string of the molecule is CCC(=O)Nc1ccccc1CC1=CCC=C=C1. The van der Waals surface area contributed by atoms with Gasteiger partial charge in [-0.15, -0.1) is 5.73 Å². The molecule has 1 aliphatic rings. The third-order valence-electron chi connectivity index (χ3n) is 2.89. The molecule has 0 aromatic heterocycles. The molecule has 0 heterocycles. The van der Waals surface area contributed by atoms with Crippen molar-refractivity contribution in [3.63, 3.8) is 0 Å². The smallest absolute Gasteiger partial charge is 0.224 e. The molecule has 0 saturated heterocycles. The van der Waals surface area contributed by atoms with E-state index in [0.29, 0.717) is 6.42 Å². The minimum absolute atomic E-state index is 0.0514. The predicted octanol–water partition coefficient (Wildman–Crippen LogP) is 3.62. The van der Waals surface area contributed by atoms with Gasteiger partial charge in [-0.1, -0.05) is 31.2 Å². The van der Waals surface area contributed by atoms with Gasteiger partial charge in [0.05, 0.1) is 0 Å². The van der Waals surface area contributed by atoms with Crippen LogP contribution in [-0.2, 0) is 11.2 Å². The highest BCUT2D eigenvalue weighted by Gasteiger charge is 2.06. The summed E-state index contributed by atoms with van der Waals surface area (Å²) in [7, 11) is 0. The van der Waals surface area contributed by atoms with Crippen molar-refractivity contribution in [2.45, 2.75) is 26.2 Å². The summed E-state index contributed by atoms with van der Waals surface area (Å²) in [5.74, 6) is 0.0514. The number of hydrogen-bond acceptors (Lipinski definition) is 1. The highest BCUT2D eigenvalue weighted by Crippen LogP contribution is 2.20. The Kier molecular flexibility index (Phi) is 4.16. The number of carbonyl (C=O) groups is 1. The van der Waals surface area contributed by atoms with Crippen molar-refractivity contribution >= 4 is 11.6 Å². The van der Waals surface area contributed by atoms with E-state index in [0.717, 1.165) is 24.1 Å². The first kappa shape index (κ1) is 12.4. The topological polar surface area (TPSA) is 29.1 Å². The van der Waals surface area contributed by atoms with Gasteiger partial charge in [0.15, 0.2) is 0 Å². The van der Waals surface area contributed by atoms with Gasteiger partial charge < -0.3 is 5.32 Å². The highest BCUT2D eigenvalue weighted by molar-refractivity contribution is 5.91. The van der Waals surface area contributed by atoms with E-state index in [9.17, 15) is 4.79 Å². The lowest BCUT2D eigenvalue weighted by Gasteiger charge is -2.11. The monoisotopic (exact) mass is 239 g/mol. The van der Waals surface area contributed by atoms with Gasteiger partial charge in [0.2, 0.25) is 5.91 Å². The number of allylic oxidation sites excluding steroid dienone is 3. The number of anilines is 1. The van der Waals surface area contributed by atoms with Crippen molar-refractivity contribution in [2.75, 3.05) is 5.32 Å². The first-order valence-corrected chi connectivity index (χ1v) is 6.27. The number of benzene rings is 1. The average molecular weight is 239 g/mol. The van der Waals surface area contributed by atoms with E-state index in [4.69, 9.17) is 0 Å². The van der Waals surface area contributed by atoms with E-state index in [2.05, 4.69) is 23.2 Å². The fourth-order valence-electron chi connectivity index (χ4n) is 1.88. The Labute approximate surface area is 108 Å². The van der Waals surface area contributed by atoms with Crippen LogP contribution in [0.1, 0.15) is 25.3 Å². The van der Waals surface area contributed by atoms with Crippen molar-refractivity contribution in [2.24, 2.45) is 0 Å². The molecule has 0 aliphatic heterocycles. The van der Waals surface area contributed by atoms with Crippen molar-refractivity contribution < 1.29 is 4.79 Å². The van der Waals surface area contributed by atoms with Crippen molar-refractivity contribution in [1.82, 2.24) is 0 Å². The van der Waals surface area contributed by atoms with E-state index in [1.807, 2.05) is 37.3 Å². The molecular formula is C16H17NO. The molecule has 92 valence electrons. The number of amides is 1. The Bertz CT molecular complexity index is 534. The summed E-state index contributed by atoms with van der Waals surface area (Å²) in [5, 5.41) is 2.94. The molecule has 0 atom stereocenters. The number of rotatable bonds is 4. The predicted molar refractivity (Wildman–Crippen MR) is 74.4 cm³/mol. The van der Waals surface area contributed by atoms with Gasteiger partial charge in [0.1, 0.15) is 0 Å². The van der Waals surface area contributed by atoms with E-state index in [1.165, 1.54) is 5.57 Å². The molecule has 2 nitrogen and oxygen atoms in total. The van der Waals surface area contributed by atoms with Crippen molar-refractivity contribution in [1.29, 1.82) is 0 Å². The van der Waals surface area contributed by atoms with Gasteiger partial charge in [-0.2, -0.15) is 0 Å². The van der Waals surface area contributed by atoms with E-state index < -0.39 is 0 Å². The van der Waals surface area contributed by atoms with Gasteiger partial charge in [0.25, 0.3) is 0 Å². The van der Waals surface area contributed by atoms with Crippen molar-refractivity contribution in [3.8, 4) is 0 Å². The molecule has 2 heteroatoms. The molecule has 2 rings (SSSR count). The third-order valence-corrected chi connectivity index (χ3v) is 2.89. The summed E-state index contributed by atoms with van der Waals surface area (Å²) in [5.41, 5.74) is 6.42. The lowest BCUT2D eigenvalue weighted by atomic mass is 10.0. The van der Waals surface area contributed by atoms with Crippen molar-refractivity contribution in [3.05, 3.63) is 59.4 Å². The first-order chi connectivity index (χ1) is 8.79. The van der Waals surface area contributed by atoms with E-state index in [1.54, 1.807) is 0 Å². The second-order valence-electron chi connectivity index (χ2n) is 4.27. The second kappa shape index (κ2) is 6.04. The second-order valence-corrected chi connectivity index (χ2v) is 4.27. The molecule has 1 N–H and O–H groups in total. The molecule has 1 amide bonds. The van der Waals surface area contributed by atoms with Gasteiger partial charge in [-0.3, -0.25) is 4.79 Å². The third kappa shape index (κ3) is 3.22. The van der Waals surface area contributed by atoms with Crippen LogP contribution in [0, 0.1) is 0 Å². The van der Waals surface area contributed by atoms with Crippen LogP contribution in [0.15, 0.2) is 53.8 Å². The standard InChI is InChI=1S/C16H17NO/c1-2-16(18)17-15-11-7-6-10-14(15)12-13-8-4-3-5-9-13/h3,6-11H,2,4,12H2,1H3,(H,17,18). The molecule has 0 radical (unpaired) electrons. The van der Waals surface area contributed by atoms with Crippen LogP contribution in [-0.4, -0.2) is 5.91 Å². The number of nitrogens with one attached hydrogen (secondary N) is 1. The fraction of sp³-hybridized carbons (Fsp3) is 0.250. The van der Waals surface area contributed by atoms with Gasteiger partial charge in [-0.25, -0.2) is 0 Å². The number of carbonyl (C=O) groups excluding carboxylic acids is 1. The summed E-state index contributed by atoms with van der Waals surface area (Å²) >= 11 is 0. The molecular weight excluding hydrogens is 222 g/mol. The summed E-state index contributed by atoms with van der Waals surface area (Å²) in [6.07, 6.45) is 8.47. The normalized spacial score (nSPS) is 13.3. The largest absolute Gasteiger partial charge is 0.326 e. The molecule has 0 spiro atoms. The van der Waals surface area contributed by atoms with Gasteiger partial charge in [-0.05, 0) is 42.2 Å². The highest BCUT2D eigenvalue weighted by atomic mass is 16.1. The lowest BCUT2D eigenvalue weighted by molar-refractivity contribution is -0.115. The molecule has 0 bridgehead atoms. The van der Waals surface area contributed by atoms with Gasteiger partial charge >= 0.3 is 0 Å². The zero-order chi connectivity index (χ0) is 12.8. The summed E-state index contributed by atoms with van der Waals surface area (Å²) in [6, 6.07) is 7.95. The van der Waals surface area contributed by atoms with E-state index in [-0.39, 0.29) is 5.91 Å². The fourth-order valence-corrected chi connectivity index (χ4v) is 1.88. The molecule has 1 aromatic carbocycles. The molecule has 18 heavy (non-hydrogen) atoms. The van der Waals surface area contributed by atoms with Crippen LogP contribution in [0.2, 0.25) is 0 Å². The minimum atomic E-state index is 0.0514. The summed E-state index contributed by atoms with van der Waals surface area (Å²) in [4.78, 5) is 11.5. The Balaban J connectivity index is 2.17. The maximum absolute atomic E-state index is 11.5. The Morgan fingerprint density at radius 1 is 1.39 bits per heavy atom. The van der Waals surface area contributed by atoms with Crippen LogP contribution in [0.25, 0.3) is 0 Å². The van der Waals surface area contributed by atoms with Crippen LogP contribution >= 0.6 is 0 Å². The van der Waals surface area contributed by atoms with Crippen LogP contribution in [0.3, 0.4) is 0 Å². The first-order valence-electron chi connectivity index (χ1n) is 6.27. The van der Waals surface area contributed by atoms with Crippen LogP contribution in [0.5, 0.6) is 0 Å². The van der Waals surface area contributed by atoms with Gasteiger partial charge in [0, 0.05) is 12.1 Å². The number of para-hydroxylation sites is 1. The quantitative estimate of drug-likeness (QED) is 0.799. The number of hydrogen-bond donors (Lipinski definition) is 1. The lowest BCUT2D eigenvalue weighted by Crippen LogP contribution is -2.11. The van der Waals surface area contributed by atoms with Crippen LogP contribution in [0.4, 0.5) is 5.69 Å². The molecule has 1 aromatic rings. The Hall–Kier alpha value is -2.05. The maximum atomic E-state index is 11.5. The summed E-state index contributed by atoms with van der Waals surface area (Å²) in [6.45, 7) is 1.86. The molecule has 0 fully saturated rings. The zero-order valence-corrected chi connectivity index (χ0v) is 10.6. The molecule has 0 saturated carbocycles. The minimum Gasteiger partial charge on any atom is -0.326 e. The Morgan fingerprint density at radius 2 is 2.22 bits per heavy atom. The zero-order valence-electron chi connectivity index (χ0n) is 10.6. The average Bonchev–Trinajstić information content (AvgIpc) is 2.42. The summed E-state index contributed by atoms with van der Waals surface area (Å²) < 4.78 is 0. The molecule has 1 aliphatic carbocycles. The van der Waals surface area contributed by atoms with E-state index >= 15 is 0 Å². The Morgan fingerprint density at radius 3 is 2.94 bits per heavy atom.